The second-order valence-electron chi connectivity index (χ2n) is 4.82. The first-order valence-corrected chi connectivity index (χ1v) is 10.4. The maximum Gasteiger partial charge on any atom is 0.508 e. The zero-order valence-electron chi connectivity index (χ0n) is 13.2. The van der Waals surface area contributed by atoms with Crippen LogP contribution in [0.3, 0.4) is 0 Å². The van der Waals surface area contributed by atoms with Crippen LogP contribution in [0.15, 0.2) is 0 Å². The minimum atomic E-state index is -1.75. The molecule has 26 heavy (non-hydrogen) atoms. The van der Waals surface area contributed by atoms with E-state index in [1.807, 2.05) is 0 Å². The number of amides is 2. The first kappa shape index (κ1) is 23.7. The minimum absolute atomic E-state index is 0.121. The van der Waals surface area contributed by atoms with Crippen molar-refractivity contribution in [3.8, 4) is 0 Å². The molecular formula is C12H15Cl3N2O6S3. The molecule has 3 N–H and O–H groups in total. The zero-order valence-corrected chi connectivity index (χ0v) is 18.0. The lowest BCUT2D eigenvalue weighted by molar-refractivity contribution is -0.137. The van der Waals surface area contributed by atoms with Gasteiger partial charge in [-0.05, 0) is 6.92 Å². The molecular weight excluding hydrogens is 471 g/mol. The van der Waals surface area contributed by atoms with Crippen molar-refractivity contribution < 1.29 is 28.6 Å². The van der Waals surface area contributed by atoms with E-state index in [-0.39, 0.29) is 17.9 Å². The van der Waals surface area contributed by atoms with Gasteiger partial charge in [-0.1, -0.05) is 58.8 Å². The maximum absolute atomic E-state index is 11.8. The smallest absolute Gasteiger partial charge is 0.449 e. The predicted octanol–water partition coefficient (Wildman–Crippen LogP) is 2.82. The highest BCUT2D eigenvalue weighted by molar-refractivity contribution is 8.47. The van der Waals surface area contributed by atoms with E-state index in [4.69, 9.17) is 57.5 Å². The van der Waals surface area contributed by atoms with E-state index in [9.17, 15) is 14.4 Å². The van der Waals surface area contributed by atoms with Gasteiger partial charge in [-0.25, -0.2) is 9.59 Å². The Morgan fingerprint density at radius 1 is 1.38 bits per heavy atom. The average molecular weight is 486 g/mol. The molecule has 14 heteroatoms. The third kappa shape index (κ3) is 9.05. The minimum Gasteiger partial charge on any atom is -0.449 e. The summed E-state index contributed by atoms with van der Waals surface area (Å²) in [6.07, 6.45) is -2.67. The van der Waals surface area contributed by atoms with Gasteiger partial charge in [0.15, 0.2) is 0 Å². The third-order valence-corrected chi connectivity index (χ3v) is 5.90. The molecule has 0 saturated carbocycles. The SMILES string of the molecule is CC(OC(=O)OCC(Cl)(Cl)Cl)C1C(=O)NC1SC(=S)SCCOC(N)=O. The van der Waals surface area contributed by atoms with E-state index in [0.29, 0.717) is 9.28 Å². The van der Waals surface area contributed by atoms with Crippen molar-refractivity contribution in [2.45, 2.75) is 22.2 Å². The van der Waals surface area contributed by atoms with Crippen molar-refractivity contribution in [2.24, 2.45) is 11.7 Å². The number of thioether (sulfide) groups is 2. The molecule has 0 spiro atoms. The van der Waals surface area contributed by atoms with Crippen LogP contribution in [0.1, 0.15) is 6.92 Å². The molecule has 1 saturated heterocycles. The van der Waals surface area contributed by atoms with Crippen molar-refractivity contribution in [2.75, 3.05) is 19.0 Å². The number of β-lactam (4-membered cyclic amide) rings is 1. The number of carbonyl (C=O) groups is 3. The van der Waals surface area contributed by atoms with Gasteiger partial charge < -0.3 is 25.3 Å². The highest BCUT2D eigenvalue weighted by Crippen LogP contribution is 2.34. The third-order valence-electron chi connectivity index (χ3n) is 2.83. The van der Waals surface area contributed by atoms with Gasteiger partial charge in [0.2, 0.25) is 9.70 Å². The van der Waals surface area contributed by atoms with Crippen LogP contribution < -0.4 is 11.1 Å². The van der Waals surface area contributed by atoms with Gasteiger partial charge >= 0.3 is 12.2 Å². The van der Waals surface area contributed by atoms with Gasteiger partial charge in [-0.2, -0.15) is 0 Å². The molecule has 1 rings (SSSR count). The summed E-state index contributed by atoms with van der Waals surface area (Å²) in [5.74, 6) is -0.468. The van der Waals surface area contributed by atoms with E-state index >= 15 is 0 Å². The van der Waals surface area contributed by atoms with Crippen molar-refractivity contribution in [1.29, 1.82) is 0 Å². The molecule has 0 bridgehead atoms. The van der Waals surface area contributed by atoms with E-state index in [2.05, 4.69) is 14.8 Å². The lowest BCUT2D eigenvalue weighted by atomic mass is 9.96. The fourth-order valence-electron chi connectivity index (χ4n) is 1.73. The number of carbonyl (C=O) groups excluding carboxylic acids is 3. The Morgan fingerprint density at radius 2 is 2.04 bits per heavy atom. The molecule has 1 aliphatic heterocycles. The van der Waals surface area contributed by atoms with Crippen LogP contribution >= 0.6 is 70.5 Å². The Labute approximate surface area is 178 Å². The monoisotopic (exact) mass is 484 g/mol. The van der Waals surface area contributed by atoms with E-state index < -0.39 is 34.7 Å². The van der Waals surface area contributed by atoms with Gasteiger partial charge in [0.05, 0.1) is 5.37 Å². The van der Waals surface area contributed by atoms with Crippen LogP contribution in [-0.4, -0.2) is 55.9 Å². The van der Waals surface area contributed by atoms with Crippen molar-refractivity contribution in [3.63, 3.8) is 0 Å². The highest BCUT2D eigenvalue weighted by atomic mass is 35.6. The molecule has 3 atom stereocenters. The quantitative estimate of drug-likeness (QED) is 0.184. The van der Waals surface area contributed by atoms with E-state index in [1.54, 1.807) is 6.92 Å². The van der Waals surface area contributed by atoms with Crippen LogP contribution in [0.25, 0.3) is 0 Å². The van der Waals surface area contributed by atoms with Gasteiger partial charge in [0, 0.05) is 5.75 Å². The maximum atomic E-state index is 11.8. The normalized spacial score (nSPS) is 20.4. The fourth-order valence-corrected chi connectivity index (χ4v) is 4.50. The lowest BCUT2D eigenvalue weighted by Crippen LogP contribution is -2.61. The van der Waals surface area contributed by atoms with Crippen LogP contribution in [0.2, 0.25) is 0 Å². The summed E-state index contributed by atoms with van der Waals surface area (Å²) in [4.78, 5) is 33.8. The highest BCUT2D eigenvalue weighted by Gasteiger charge is 2.46. The van der Waals surface area contributed by atoms with E-state index in [0.717, 1.165) is 0 Å². The Kier molecular flexibility index (Phi) is 9.91. The Balaban J connectivity index is 2.38. The number of hydrogen-bond donors (Lipinski definition) is 2. The molecule has 1 fully saturated rings. The molecule has 2 amide bonds. The summed E-state index contributed by atoms with van der Waals surface area (Å²) in [5, 5.41) is 2.30. The van der Waals surface area contributed by atoms with Crippen molar-refractivity contribution in [3.05, 3.63) is 0 Å². The molecule has 3 unspecified atom stereocenters. The topological polar surface area (TPSA) is 117 Å². The second kappa shape index (κ2) is 10.9. The van der Waals surface area contributed by atoms with Gasteiger partial charge in [-0.3, -0.25) is 4.79 Å². The molecule has 1 aliphatic rings. The van der Waals surface area contributed by atoms with Gasteiger partial charge in [-0.15, -0.1) is 11.8 Å². The molecule has 0 aromatic rings. The molecule has 0 aliphatic carbocycles. The van der Waals surface area contributed by atoms with Crippen LogP contribution in [0.4, 0.5) is 9.59 Å². The molecule has 0 radical (unpaired) electrons. The number of nitrogens with one attached hydrogen (secondary N) is 1. The molecule has 0 aromatic carbocycles. The van der Waals surface area contributed by atoms with Gasteiger partial charge in [0.25, 0.3) is 0 Å². The zero-order chi connectivity index (χ0) is 19.9. The first-order valence-electron chi connectivity index (χ1n) is 6.96. The molecule has 8 nitrogen and oxygen atoms in total. The molecule has 148 valence electrons. The Hall–Kier alpha value is -0.330. The summed E-state index contributed by atoms with van der Waals surface area (Å²) in [7, 11) is 0. The largest absolute Gasteiger partial charge is 0.508 e. The van der Waals surface area contributed by atoms with Crippen LogP contribution in [0.5, 0.6) is 0 Å². The summed E-state index contributed by atoms with van der Waals surface area (Å²) in [6.45, 7) is 1.19. The average Bonchev–Trinajstić information content (AvgIpc) is 2.47. The number of alkyl halides is 3. The molecule has 0 aromatic heterocycles. The Morgan fingerprint density at radius 3 is 2.58 bits per heavy atom. The van der Waals surface area contributed by atoms with E-state index in [1.165, 1.54) is 23.5 Å². The van der Waals surface area contributed by atoms with Gasteiger partial charge in [0.1, 0.15) is 28.8 Å². The first-order chi connectivity index (χ1) is 12.0. The fraction of sp³-hybridized carbons (Fsp3) is 0.667. The van der Waals surface area contributed by atoms with Crippen molar-refractivity contribution in [1.82, 2.24) is 5.32 Å². The summed E-state index contributed by atoms with van der Waals surface area (Å²) >= 11 is 24.1. The van der Waals surface area contributed by atoms with Crippen LogP contribution in [0, 0.1) is 5.92 Å². The predicted molar refractivity (Wildman–Crippen MR) is 106 cm³/mol. The second-order valence-corrected chi connectivity index (χ2v) is 10.8. The number of ether oxygens (including phenoxy) is 3. The summed E-state index contributed by atoms with van der Waals surface area (Å²) < 4.78 is 13.0. The summed E-state index contributed by atoms with van der Waals surface area (Å²) in [6, 6.07) is 0. The lowest BCUT2D eigenvalue weighted by Gasteiger charge is -2.38. The van der Waals surface area contributed by atoms with Crippen LogP contribution in [-0.2, 0) is 19.0 Å². The molecule has 1 heterocycles. The number of primary amides is 1. The number of rotatable bonds is 7. The summed E-state index contributed by atoms with van der Waals surface area (Å²) in [5.41, 5.74) is 4.84. The van der Waals surface area contributed by atoms with Crippen molar-refractivity contribution >= 4 is 92.2 Å². The number of hydrogen-bond acceptors (Lipinski definition) is 9. The number of thiocarbonyl (C=S) groups is 1. The Bertz CT molecular complexity index is 563. The standard InChI is InChI=1S/C12H15Cl3N2O6S3/c1-5(23-10(20)22-4-12(13,14)15)6-7(18)17-8(6)26-11(24)25-3-2-21-9(16)19/h5-6,8H,2-4H2,1H3,(H2,16,19)(H,17,18). The number of halogens is 3. The number of nitrogens with two attached hydrogens (primary N) is 1.